The molecule has 3 rings (SSSR count). The number of hydrogen-bond donors (Lipinski definition) is 2. The number of halogens is 3. The van der Waals surface area contributed by atoms with E-state index >= 15 is 0 Å². The lowest BCUT2D eigenvalue weighted by Crippen LogP contribution is -2.13. The number of nitrogens with two attached hydrogens (primary N) is 1. The van der Waals surface area contributed by atoms with Crippen LogP contribution in [0.5, 0.6) is 0 Å². The summed E-state index contributed by atoms with van der Waals surface area (Å²) in [5.41, 5.74) is 0.484. The summed E-state index contributed by atoms with van der Waals surface area (Å²) in [5.74, 6) is -1.31. The Kier molecular flexibility index (Phi) is 4.09. The largest absolute Gasteiger partial charge is 0.451 e. The second-order valence-electron chi connectivity index (χ2n) is 5.11. The minimum absolute atomic E-state index is 0.0405. The van der Waals surface area contributed by atoms with Crippen molar-refractivity contribution < 1.29 is 21.6 Å². The number of fused-ring (bicyclic) bond motifs is 1. The van der Waals surface area contributed by atoms with Crippen molar-refractivity contribution in [2.45, 2.75) is 11.1 Å². The minimum atomic E-state index is -4.70. The SMILES string of the molecule is NS(=O)(=O)c1ccc(Nc2nc(C(F)(F)F)nc3ccccc23)cc1. The normalized spacial score (nSPS) is 12.3. The first-order valence-corrected chi connectivity index (χ1v) is 8.43. The molecule has 0 saturated carbocycles. The van der Waals surface area contributed by atoms with Crippen LogP contribution in [-0.2, 0) is 16.2 Å². The van der Waals surface area contributed by atoms with Crippen LogP contribution in [-0.4, -0.2) is 18.4 Å². The van der Waals surface area contributed by atoms with Gasteiger partial charge < -0.3 is 5.32 Å². The van der Waals surface area contributed by atoms with Crippen molar-refractivity contribution in [2.24, 2.45) is 5.14 Å². The van der Waals surface area contributed by atoms with E-state index in [1.54, 1.807) is 18.2 Å². The van der Waals surface area contributed by atoms with Crippen molar-refractivity contribution in [3.63, 3.8) is 0 Å². The molecule has 0 bridgehead atoms. The summed E-state index contributed by atoms with van der Waals surface area (Å²) in [4.78, 5) is 6.96. The third-order valence-corrected chi connectivity index (χ3v) is 4.23. The van der Waals surface area contributed by atoms with Gasteiger partial charge in [-0.05, 0) is 36.4 Å². The Morgan fingerprint density at radius 3 is 2.20 bits per heavy atom. The topological polar surface area (TPSA) is 98.0 Å². The van der Waals surface area contributed by atoms with Crippen molar-refractivity contribution in [3.8, 4) is 0 Å². The molecule has 0 radical (unpaired) electrons. The summed E-state index contributed by atoms with van der Waals surface area (Å²) in [5, 5.41) is 8.15. The summed E-state index contributed by atoms with van der Waals surface area (Å²) >= 11 is 0. The molecule has 2 aromatic carbocycles. The van der Waals surface area contributed by atoms with Crippen LogP contribution in [0.4, 0.5) is 24.7 Å². The maximum Gasteiger partial charge on any atom is 0.451 e. The molecular weight excluding hydrogens is 357 g/mol. The van der Waals surface area contributed by atoms with Crippen LogP contribution >= 0.6 is 0 Å². The lowest BCUT2D eigenvalue weighted by molar-refractivity contribution is -0.144. The van der Waals surface area contributed by atoms with Gasteiger partial charge in [-0.25, -0.2) is 23.5 Å². The van der Waals surface area contributed by atoms with Crippen LogP contribution in [0.3, 0.4) is 0 Å². The molecule has 25 heavy (non-hydrogen) atoms. The van der Waals surface area contributed by atoms with E-state index in [1.165, 1.54) is 30.3 Å². The molecule has 0 atom stereocenters. The van der Waals surface area contributed by atoms with E-state index in [4.69, 9.17) is 5.14 Å². The first-order chi connectivity index (χ1) is 11.6. The number of primary sulfonamides is 1. The Morgan fingerprint density at radius 1 is 0.960 bits per heavy atom. The predicted octanol–water partition coefficient (Wildman–Crippen LogP) is 3.04. The van der Waals surface area contributed by atoms with Crippen LogP contribution in [0.15, 0.2) is 53.4 Å². The number of alkyl halides is 3. The summed E-state index contributed by atoms with van der Waals surface area (Å²) in [6.07, 6.45) is -4.70. The van der Waals surface area contributed by atoms with Gasteiger partial charge in [0.2, 0.25) is 15.8 Å². The number of sulfonamides is 1. The average Bonchev–Trinajstić information content (AvgIpc) is 2.53. The zero-order chi connectivity index (χ0) is 18.2. The number of nitrogens with one attached hydrogen (secondary N) is 1. The highest BCUT2D eigenvalue weighted by Crippen LogP contribution is 2.31. The molecule has 0 aliphatic rings. The Hall–Kier alpha value is -2.72. The quantitative estimate of drug-likeness (QED) is 0.740. The van der Waals surface area contributed by atoms with E-state index in [9.17, 15) is 21.6 Å². The molecule has 10 heteroatoms. The molecule has 0 aliphatic heterocycles. The molecule has 1 heterocycles. The minimum Gasteiger partial charge on any atom is -0.340 e. The summed E-state index contributed by atoms with van der Waals surface area (Å²) in [6.45, 7) is 0. The predicted molar refractivity (Wildman–Crippen MR) is 85.6 cm³/mol. The first-order valence-electron chi connectivity index (χ1n) is 6.88. The number of benzene rings is 2. The molecule has 6 nitrogen and oxygen atoms in total. The molecule has 130 valence electrons. The Labute approximate surface area is 140 Å². The Morgan fingerprint density at radius 2 is 1.60 bits per heavy atom. The molecule has 0 aliphatic carbocycles. The molecule has 0 unspecified atom stereocenters. The molecular formula is C15H11F3N4O2S. The Balaban J connectivity index is 2.06. The van der Waals surface area contributed by atoms with Crippen LogP contribution in [0, 0.1) is 0 Å². The average molecular weight is 368 g/mol. The van der Waals surface area contributed by atoms with Gasteiger partial charge in [0.25, 0.3) is 0 Å². The lowest BCUT2D eigenvalue weighted by Gasteiger charge is -2.12. The number of aromatic nitrogens is 2. The second kappa shape index (κ2) is 5.97. The van der Waals surface area contributed by atoms with Crippen molar-refractivity contribution in [2.75, 3.05) is 5.32 Å². The van der Waals surface area contributed by atoms with Gasteiger partial charge in [-0.3, -0.25) is 0 Å². The van der Waals surface area contributed by atoms with Gasteiger partial charge in [0.15, 0.2) is 0 Å². The summed E-state index contributed by atoms with van der Waals surface area (Å²) < 4.78 is 61.4. The standard InChI is InChI=1S/C15H11F3N4O2S/c16-15(17,18)14-21-12-4-2-1-3-11(12)13(22-14)20-9-5-7-10(8-6-9)25(19,23)24/h1-8H,(H2,19,23,24)(H,20,21,22). The smallest absolute Gasteiger partial charge is 0.340 e. The van der Waals surface area contributed by atoms with Crippen LogP contribution in [0.2, 0.25) is 0 Å². The van der Waals surface area contributed by atoms with E-state index in [0.29, 0.717) is 11.1 Å². The second-order valence-corrected chi connectivity index (χ2v) is 6.67. The zero-order valence-electron chi connectivity index (χ0n) is 12.4. The highest BCUT2D eigenvalue weighted by molar-refractivity contribution is 7.89. The molecule has 0 saturated heterocycles. The number of hydrogen-bond acceptors (Lipinski definition) is 5. The molecule has 3 N–H and O–H groups in total. The molecule has 0 spiro atoms. The van der Waals surface area contributed by atoms with Gasteiger partial charge in [-0.15, -0.1) is 0 Å². The molecule has 1 aromatic heterocycles. The van der Waals surface area contributed by atoms with Gasteiger partial charge in [0, 0.05) is 11.1 Å². The van der Waals surface area contributed by atoms with Crippen LogP contribution in [0.25, 0.3) is 10.9 Å². The highest BCUT2D eigenvalue weighted by atomic mass is 32.2. The fraction of sp³-hybridized carbons (Fsp3) is 0.0667. The lowest BCUT2D eigenvalue weighted by atomic mass is 10.2. The maximum atomic E-state index is 13.0. The van der Waals surface area contributed by atoms with E-state index in [-0.39, 0.29) is 16.2 Å². The third-order valence-electron chi connectivity index (χ3n) is 3.30. The van der Waals surface area contributed by atoms with Crippen molar-refractivity contribution in [1.82, 2.24) is 9.97 Å². The van der Waals surface area contributed by atoms with Crippen molar-refractivity contribution in [1.29, 1.82) is 0 Å². The van der Waals surface area contributed by atoms with Crippen molar-refractivity contribution in [3.05, 3.63) is 54.4 Å². The van der Waals surface area contributed by atoms with Crippen LogP contribution < -0.4 is 10.5 Å². The van der Waals surface area contributed by atoms with E-state index in [2.05, 4.69) is 15.3 Å². The van der Waals surface area contributed by atoms with Gasteiger partial charge in [0.1, 0.15) is 5.82 Å². The fourth-order valence-corrected chi connectivity index (χ4v) is 2.68. The van der Waals surface area contributed by atoms with E-state index < -0.39 is 22.0 Å². The fourth-order valence-electron chi connectivity index (χ4n) is 2.16. The Bertz CT molecular complexity index is 1030. The van der Waals surface area contributed by atoms with E-state index in [1.807, 2.05) is 0 Å². The number of nitrogens with zero attached hydrogens (tertiary/aromatic N) is 2. The third kappa shape index (κ3) is 3.69. The number of para-hydroxylation sites is 1. The summed E-state index contributed by atoms with van der Waals surface area (Å²) in [7, 11) is -3.86. The van der Waals surface area contributed by atoms with Gasteiger partial charge in [0.05, 0.1) is 10.4 Å². The maximum absolute atomic E-state index is 13.0. The van der Waals surface area contributed by atoms with Gasteiger partial charge >= 0.3 is 6.18 Å². The number of rotatable bonds is 3. The summed E-state index contributed by atoms with van der Waals surface area (Å²) in [6, 6.07) is 11.5. The highest BCUT2D eigenvalue weighted by Gasteiger charge is 2.35. The molecule has 0 fully saturated rings. The van der Waals surface area contributed by atoms with Gasteiger partial charge in [-0.2, -0.15) is 13.2 Å². The first kappa shape index (κ1) is 17.1. The zero-order valence-corrected chi connectivity index (χ0v) is 13.3. The van der Waals surface area contributed by atoms with Crippen LogP contribution in [0.1, 0.15) is 5.82 Å². The number of anilines is 2. The van der Waals surface area contributed by atoms with E-state index in [0.717, 1.165) is 0 Å². The molecule has 3 aromatic rings. The van der Waals surface area contributed by atoms with Crippen molar-refractivity contribution >= 4 is 32.4 Å². The monoisotopic (exact) mass is 368 g/mol. The van der Waals surface area contributed by atoms with Gasteiger partial charge in [-0.1, -0.05) is 12.1 Å². The molecule has 0 amide bonds.